The topological polar surface area (TPSA) is 77.7 Å². The molecule has 0 radical (unpaired) electrons. The summed E-state index contributed by atoms with van der Waals surface area (Å²) >= 11 is 5.81. The minimum atomic E-state index is -0.434. The number of hydrogen-bond donors (Lipinski definition) is 0. The van der Waals surface area contributed by atoms with Crippen LogP contribution < -0.4 is 4.90 Å². The van der Waals surface area contributed by atoms with Crippen LogP contribution in [0.25, 0.3) is 0 Å². The molecular formula is C15H20ClN3O4. The summed E-state index contributed by atoms with van der Waals surface area (Å²) in [5.74, 6) is 0.897. The van der Waals surface area contributed by atoms with E-state index in [1.807, 2.05) is 4.90 Å². The van der Waals surface area contributed by atoms with Gasteiger partial charge in [0, 0.05) is 37.9 Å². The molecule has 7 nitrogen and oxygen atoms in total. The van der Waals surface area contributed by atoms with Gasteiger partial charge in [-0.05, 0) is 19.3 Å². The second-order valence-electron chi connectivity index (χ2n) is 6.00. The summed E-state index contributed by atoms with van der Waals surface area (Å²) in [5, 5.41) is 11.4. The molecule has 2 saturated heterocycles. The SMILES string of the molecule is O=[N+]([O-])c1cc(Cl)cnc1N1CCC(OCC2CCOC2)CC1. The van der Waals surface area contributed by atoms with Crippen LogP contribution in [0.5, 0.6) is 0 Å². The highest BCUT2D eigenvalue weighted by molar-refractivity contribution is 6.30. The quantitative estimate of drug-likeness (QED) is 0.605. The van der Waals surface area contributed by atoms with Gasteiger partial charge in [-0.1, -0.05) is 11.6 Å². The lowest BCUT2D eigenvalue weighted by Crippen LogP contribution is -2.38. The summed E-state index contributed by atoms with van der Waals surface area (Å²) in [6.45, 7) is 3.75. The van der Waals surface area contributed by atoms with Gasteiger partial charge in [0.05, 0.1) is 29.3 Å². The molecule has 1 aromatic rings. The van der Waals surface area contributed by atoms with Gasteiger partial charge in [-0.25, -0.2) is 4.98 Å². The summed E-state index contributed by atoms with van der Waals surface area (Å²) in [6, 6.07) is 1.35. The molecule has 0 N–H and O–H groups in total. The molecule has 3 rings (SSSR count). The maximum atomic E-state index is 11.2. The molecule has 23 heavy (non-hydrogen) atoms. The Labute approximate surface area is 139 Å². The molecule has 0 spiro atoms. The molecule has 0 aromatic carbocycles. The van der Waals surface area contributed by atoms with Crippen molar-refractivity contribution in [2.45, 2.75) is 25.4 Å². The first kappa shape index (κ1) is 16.4. The molecule has 0 amide bonds. The molecule has 0 saturated carbocycles. The number of piperidine rings is 1. The summed E-state index contributed by atoms with van der Waals surface area (Å²) in [5.41, 5.74) is -0.0417. The first-order valence-electron chi connectivity index (χ1n) is 7.87. The Hall–Kier alpha value is -1.44. The van der Waals surface area contributed by atoms with E-state index in [0.717, 1.165) is 39.1 Å². The molecule has 1 aromatic heterocycles. The standard InChI is InChI=1S/C15H20ClN3O4/c16-12-7-14(19(20)21)15(17-8-12)18-4-1-13(2-5-18)23-10-11-3-6-22-9-11/h7-8,11,13H,1-6,9-10H2. The van der Waals surface area contributed by atoms with E-state index in [2.05, 4.69) is 4.98 Å². The smallest absolute Gasteiger partial charge is 0.313 e. The Bertz CT molecular complexity index is 558. The van der Waals surface area contributed by atoms with E-state index in [9.17, 15) is 10.1 Å². The van der Waals surface area contributed by atoms with Crippen molar-refractivity contribution in [3.8, 4) is 0 Å². The fraction of sp³-hybridized carbons (Fsp3) is 0.667. The maximum Gasteiger partial charge on any atom is 0.313 e. The molecule has 0 bridgehead atoms. The number of nitro groups is 1. The minimum Gasteiger partial charge on any atom is -0.381 e. The molecule has 126 valence electrons. The molecule has 3 heterocycles. The Morgan fingerprint density at radius 3 is 2.87 bits per heavy atom. The fourth-order valence-corrected chi connectivity index (χ4v) is 3.17. The van der Waals surface area contributed by atoms with Crippen molar-refractivity contribution < 1.29 is 14.4 Å². The molecule has 0 aliphatic carbocycles. The molecule has 2 aliphatic heterocycles. The molecule has 2 fully saturated rings. The summed E-state index contributed by atoms with van der Waals surface area (Å²) < 4.78 is 11.3. The number of anilines is 1. The Kier molecular flexibility index (Phi) is 5.30. The maximum absolute atomic E-state index is 11.2. The highest BCUT2D eigenvalue weighted by Crippen LogP contribution is 2.30. The van der Waals surface area contributed by atoms with Crippen LogP contribution in [0.2, 0.25) is 5.02 Å². The second kappa shape index (κ2) is 7.42. The average molecular weight is 342 g/mol. The van der Waals surface area contributed by atoms with E-state index >= 15 is 0 Å². The van der Waals surface area contributed by atoms with Gasteiger partial charge in [0.1, 0.15) is 0 Å². The molecule has 2 aliphatic rings. The van der Waals surface area contributed by atoms with E-state index in [4.69, 9.17) is 21.1 Å². The number of hydrogen-bond acceptors (Lipinski definition) is 6. The first-order chi connectivity index (χ1) is 11.1. The third-order valence-corrected chi connectivity index (χ3v) is 4.55. The van der Waals surface area contributed by atoms with Crippen LogP contribution in [0.15, 0.2) is 12.3 Å². The number of halogens is 1. The second-order valence-corrected chi connectivity index (χ2v) is 6.44. The van der Waals surface area contributed by atoms with Crippen molar-refractivity contribution in [1.82, 2.24) is 4.98 Å². The number of pyridine rings is 1. The largest absolute Gasteiger partial charge is 0.381 e. The zero-order valence-corrected chi connectivity index (χ0v) is 13.6. The first-order valence-corrected chi connectivity index (χ1v) is 8.25. The number of ether oxygens (including phenoxy) is 2. The molecular weight excluding hydrogens is 322 g/mol. The van der Waals surface area contributed by atoms with E-state index < -0.39 is 4.92 Å². The van der Waals surface area contributed by atoms with Crippen LogP contribution in [-0.2, 0) is 9.47 Å². The van der Waals surface area contributed by atoms with Crippen LogP contribution in [0.1, 0.15) is 19.3 Å². The number of nitrogens with zero attached hydrogens (tertiary/aromatic N) is 3. The van der Waals surface area contributed by atoms with Gasteiger partial charge in [-0.2, -0.15) is 0 Å². The van der Waals surface area contributed by atoms with Gasteiger partial charge in [-0.15, -0.1) is 0 Å². The van der Waals surface area contributed by atoms with E-state index in [1.54, 1.807) is 0 Å². The highest BCUT2D eigenvalue weighted by atomic mass is 35.5. The Morgan fingerprint density at radius 2 is 2.22 bits per heavy atom. The third-order valence-electron chi connectivity index (χ3n) is 4.34. The average Bonchev–Trinajstić information content (AvgIpc) is 3.07. The van der Waals surface area contributed by atoms with Gasteiger partial charge >= 0.3 is 5.69 Å². The molecule has 8 heteroatoms. The third kappa shape index (κ3) is 4.10. The number of aromatic nitrogens is 1. The van der Waals surface area contributed by atoms with Crippen LogP contribution in [0.3, 0.4) is 0 Å². The number of rotatable bonds is 5. The zero-order valence-electron chi connectivity index (χ0n) is 12.8. The van der Waals surface area contributed by atoms with E-state index in [-0.39, 0.29) is 16.8 Å². The van der Waals surface area contributed by atoms with Crippen LogP contribution in [0.4, 0.5) is 11.5 Å². The van der Waals surface area contributed by atoms with Gasteiger partial charge in [0.25, 0.3) is 0 Å². The van der Waals surface area contributed by atoms with Gasteiger partial charge < -0.3 is 14.4 Å². The summed E-state index contributed by atoms with van der Waals surface area (Å²) in [4.78, 5) is 16.8. The van der Waals surface area contributed by atoms with Crippen molar-refractivity contribution >= 4 is 23.1 Å². The van der Waals surface area contributed by atoms with Crippen molar-refractivity contribution in [3.05, 3.63) is 27.4 Å². The lowest BCUT2D eigenvalue weighted by molar-refractivity contribution is -0.384. The lowest BCUT2D eigenvalue weighted by atomic mass is 10.1. The van der Waals surface area contributed by atoms with E-state index in [1.165, 1.54) is 12.3 Å². The summed E-state index contributed by atoms with van der Waals surface area (Å²) in [7, 11) is 0. The monoisotopic (exact) mass is 341 g/mol. The van der Waals surface area contributed by atoms with Crippen molar-refractivity contribution in [2.75, 3.05) is 37.8 Å². The van der Waals surface area contributed by atoms with Crippen LogP contribution in [-0.4, -0.2) is 48.9 Å². The van der Waals surface area contributed by atoms with Gasteiger partial charge in [0.2, 0.25) is 5.82 Å². The normalized spacial score (nSPS) is 22.5. The Balaban J connectivity index is 1.55. The van der Waals surface area contributed by atoms with Crippen molar-refractivity contribution in [3.63, 3.8) is 0 Å². The summed E-state index contributed by atoms with van der Waals surface area (Å²) in [6.07, 6.45) is 4.41. The minimum absolute atomic E-state index is 0.0417. The van der Waals surface area contributed by atoms with Gasteiger partial charge in [0.15, 0.2) is 0 Å². The van der Waals surface area contributed by atoms with Crippen molar-refractivity contribution in [2.24, 2.45) is 5.92 Å². The van der Waals surface area contributed by atoms with Crippen molar-refractivity contribution in [1.29, 1.82) is 0 Å². The predicted molar refractivity (Wildman–Crippen MR) is 86.0 cm³/mol. The van der Waals surface area contributed by atoms with Crippen LogP contribution in [0, 0.1) is 16.0 Å². The van der Waals surface area contributed by atoms with Gasteiger partial charge in [-0.3, -0.25) is 10.1 Å². The fourth-order valence-electron chi connectivity index (χ4n) is 3.02. The highest BCUT2D eigenvalue weighted by Gasteiger charge is 2.27. The predicted octanol–water partition coefficient (Wildman–Crippen LogP) is 2.67. The molecule has 1 unspecified atom stereocenters. The lowest BCUT2D eigenvalue weighted by Gasteiger charge is -2.32. The zero-order chi connectivity index (χ0) is 16.2. The van der Waals surface area contributed by atoms with Crippen LogP contribution >= 0.6 is 11.6 Å². The Morgan fingerprint density at radius 1 is 1.43 bits per heavy atom. The van der Waals surface area contributed by atoms with E-state index in [0.29, 0.717) is 24.8 Å². The molecule has 1 atom stereocenters.